The Morgan fingerprint density at radius 1 is 1.25 bits per heavy atom. The highest BCUT2D eigenvalue weighted by atomic mass is 35.5. The Labute approximate surface area is 129 Å². The van der Waals surface area contributed by atoms with Gasteiger partial charge in [0.15, 0.2) is 10.9 Å². The van der Waals surface area contributed by atoms with E-state index in [1.165, 1.54) is 17.7 Å². The third kappa shape index (κ3) is 2.57. The molecule has 0 bridgehead atoms. The maximum Gasteiger partial charge on any atom is 0.189 e. The number of halogens is 2. The van der Waals surface area contributed by atoms with Crippen LogP contribution in [0.3, 0.4) is 0 Å². The zero-order valence-electron chi connectivity index (χ0n) is 10.5. The molecule has 4 nitrogen and oxygen atoms in total. The molecule has 0 spiro atoms. The minimum absolute atomic E-state index is 0.535. The standard InChI is InChI=1S/C13H10Cl2N4S/c1-2-8-11(15)12(17-6-16-8)19-13-18-9-4-3-7(14)5-10(9)20-13/h3-6H,2H2,1H3,(H,16,17,18,19). The van der Waals surface area contributed by atoms with Crippen LogP contribution in [-0.4, -0.2) is 15.0 Å². The average Bonchev–Trinajstić information content (AvgIpc) is 2.82. The Bertz CT molecular complexity index is 772. The van der Waals surface area contributed by atoms with Gasteiger partial charge in [-0.2, -0.15) is 0 Å². The number of hydrogen-bond donors (Lipinski definition) is 1. The highest BCUT2D eigenvalue weighted by Gasteiger charge is 2.10. The number of benzene rings is 1. The smallest absolute Gasteiger partial charge is 0.189 e. The Kier molecular flexibility index (Phi) is 3.74. The number of thiazole rings is 1. The molecular formula is C13H10Cl2N4S. The summed E-state index contributed by atoms with van der Waals surface area (Å²) in [7, 11) is 0. The van der Waals surface area contributed by atoms with E-state index >= 15 is 0 Å². The first-order valence-corrected chi connectivity index (χ1v) is 7.57. The lowest BCUT2D eigenvalue weighted by Crippen LogP contribution is -1.98. The molecule has 0 saturated heterocycles. The van der Waals surface area contributed by atoms with Crippen molar-refractivity contribution in [1.82, 2.24) is 15.0 Å². The van der Waals surface area contributed by atoms with Crippen molar-refractivity contribution in [2.24, 2.45) is 0 Å². The Hall–Kier alpha value is -1.43. The zero-order valence-corrected chi connectivity index (χ0v) is 12.9. The lowest BCUT2D eigenvalue weighted by molar-refractivity contribution is 1.00. The minimum Gasteiger partial charge on any atom is -0.315 e. The predicted molar refractivity (Wildman–Crippen MR) is 84.3 cm³/mol. The SMILES string of the molecule is CCc1ncnc(Nc2nc3ccc(Cl)cc3s2)c1Cl. The molecule has 0 aliphatic heterocycles. The van der Waals surface area contributed by atoms with Crippen molar-refractivity contribution in [2.45, 2.75) is 13.3 Å². The molecule has 2 aromatic heterocycles. The molecule has 0 atom stereocenters. The van der Waals surface area contributed by atoms with Crippen molar-refractivity contribution in [3.8, 4) is 0 Å². The Balaban J connectivity index is 1.97. The van der Waals surface area contributed by atoms with Gasteiger partial charge in [-0.1, -0.05) is 41.5 Å². The van der Waals surface area contributed by atoms with E-state index in [0.717, 1.165) is 27.5 Å². The van der Waals surface area contributed by atoms with Gasteiger partial charge in [-0.25, -0.2) is 15.0 Å². The van der Waals surface area contributed by atoms with Crippen molar-refractivity contribution in [2.75, 3.05) is 5.32 Å². The fraction of sp³-hybridized carbons (Fsp3) is 0.154. The van der Waals surface area contributed by atoms with Crippen LogP contribution in [0.1, 0.15) is 12.6 Å². The van der Waals surface area contributed by atoms with Crippen LogP contribution < -0.4 is 5.32 Å². The van der Waals surface area contributed by atoms with E-state index in [1.54, 1.807) is 0 Å². The molecule has 0 aliphatic carbocycles. The lowest BCUT2D eigenvalue weighted by Gasteiger charge is -2.06. The van der Waals surface area contributed by atoms with E-state index < -0.39 is 0 Å². The van der Waals surface area contributed by atoms with Crippen molar-refractivity contribution < 1.29 is 0 Å². The second-order valence-electron chi connectivity index (χ2n) is 4.09. The van der Waals surface area contributed by atoms with E-state index in [1.807, 2.05) is 25.1 Å². The summed E-state index contributed by atoms with van der Waals surface area (Å²) in [5.41, 5.74) is 1.70. The third-order valence-corrected chi connectivity index (χ3v) is 4.34. The monoisotopic (exact) mass is 324 g/mol. The Morgan fingerprint density at radius 2 is 2.10 bits per heavy atom. The third-order valence-electron chi connectivity index (χ3n) is 2.77. The van der Waals surface area contributed by atoms with Gasteiger partial charge in [0.05, 0.1) is 15.9 Å². The second-order valence-corrected chi connectivity index (χ2v) is 5.94. The normalized spacial score (nSPS) is 10.9. The molecule has 1 N–H and O–H groups in total. The van der Waals surface area contributed by atoms with E-state index in [-0.39, 0.29) is 0 Å². The van der Waals surface area contributed by atoms with Crippen LogP contribution in [0.4, 0.5) is 10.9 Å². The fourth-order valence-electron chi connectivity index (χ4n) is 1.79. The molecule has 0 aliphatic rings. The number of fused-ring (bicyclic) bond motifs is 1. The molecule has 0 unspecified atom stereocenters. The van der Waals surface area contributed by atoms with Crippen molar-refractivity contribution in [1.29, 1.82) is 0 Å². The highest BCUT2D eigenvalue weighted by molar-refractivity contribution is 7.22. The molecule has 1 aromatic carbocycles. The summed E-state index contributed by atoms with van der Waals surface area (Å²) in [6, 6.07) is 5.59. The first kappa shape index (κ1) is 13.5. The summed E-state index contributed by atoms with van der Waals surface area (Å²) in [6.07, 6.45) is 2.25. The number of anilines is 2. The van der Waals surface area contributed by atoms with Gasteiger partial charge < -0.3 is 5.32 Å². The predicted octanol–water partition coefficient (Wildman–Crippen LogP) is 4.70. The van der Waals surface area contributed by atoms with Crippen molar-refractivity contribution in [3.05, 3.63) is 40.3 Å². The van der Waals surface area contributed by atoms with Crippen LogP contribution in [0.2, 0.25) is 10.0 Å². The molecule has 0 saturated carbocycles. The number of nitrogens with one attached hydrogen (secondary N) is 1. The lowest BCUT2D eigenvalue weighted by atomic mass is 10.3. The molecule has 0 fully saturated rings. The van der Waals surface area contributed by atoms with Gasteiger partial charge in [0.2, 0.25) is 0 Å². The van der Waals surface area contributed by atoms with Gasteiger partial charge in [0.25, 0.3) is 0 Å². The summed E-state index contributed by atoms with van der Waals surface area (Å²) in [4.78, 5) is 12.8. The number of aryl methyl sites for hydroxylation is 1. The van der Waals surface area contributed by atoms with Crippen LogP contribution >= 0.6 is 34.5 Å². The molecule has 0 radical (unpaired) electrons. The summed E-state index contributed by atoms with van der Waals surface area (Å²) in [6.45, 7) is 2.00. The van der Waals surface area contributed by atoms with E-state index in [2.05, 4.69) is 20.3 Å². The van der Waals surface area contributed by atoms with Crippen molar-refractivity contribution >= 4 is 55.7 Å². The van der Waals surface area contributed by atoms with Gasteiger partial charge in [-0.05, 0) is 24.6 Å². The van der Waals surface area contributed by atoms with E-state index in [4.69, 9.17) is 23.2 Å². The molecule has 102 valence electrons. The van der Waals surface area contributed by atoms with Crippen molar-refractivity contribution in [3.63, 3.8) is 0 Å². The first-order valence-electron chi connectivity index (χ1n) is 6.00. The molecule has 3 aromatic rings. The second kappa shape index (κ2) is 5.52. The van der Waals surface area contributed by atoms with Crippen LogP contribution in [-0.2, 0) is 6.42 Å². The molecule has 0 amide bonds. The fourth-order valence-corrected chi connectivity index (χ4v) is 3.21. The van der Waals surface area contributed by atoms with Gasteiger partial charge >= 0.3 is 0 Å². The largest absolute Gasteiger partial charge is 0.315 e. The van der Waals surface area contributed by atoms with E-state index in [0.29, 0.717) is 15.9 Å². The molecular weight excluding hydrogens is 315 g/mol. The van der Waals surface area contributed by atoms with Crippen LogP contribution in [0.15, 0.2) is 24.5 Å². The summed E-state index contributed by atoms with van der Waals surface area (Å²) >= 11 is 13.7. The number of rotatable bonds is 3. The quantitative estimate of drug-likeness (QED) is 0.758. The van der Waals surface area contributed by atoms with E-state index in [9.17, 15) is 0 Å². The molecule has 7 heteroatoms. The summed E-state index contributed by atoms with van der Waals surface area (Å²) in [5.74, 6) is 0.573. The number of aromatic nitrogens is 3. The summed E-state index contributed by atoms with van der Waals surface area (Å²) in [5, 5.41) is 5.09. The Morgan fingerprint density at radius 3 is 2.90 bits per heavy atom. The first-order chi connectivity index (χ1) is 9.67. The van der Waals surface area contributed by atoms with Gasteiger partial charge in [0, 0.05) is 5.02 Å². The summed E-state index contributed by atoms with van der Waals surface area (Å²) < 4.78 is 1.01. The average molecular weight is 325 g/mol. The van der Waals surface area contributed by atoms with Crippen LogP contribution in [0, 0.1) is 0 Å². The molecule has 3 rings (SSSR count). The van der Waals surface area contributed by atoms with Gasteiger partial charge in [-0.3, -0.25) is 0 Å². The van der Waals surface area contributed by atoms with Gasteiger partial charge in [-0.15, -0.1) is 0 Å². The molecule has 2 heterocycles. The minimum atomic E-state index is 0.535. The molecule has 20 heavy (non-hydrogen) atoms. The van der Waals surface area contributed by atoms with Crippen LogP contribution in [0.5, 0.6) is 0 Å². The number of hydrogen-bond acceptors (Lipinski definition) is 5. The zero-order chi connectivity index (χ0) is 14.1. The number of nitrogens with zero attached hydrogens (tertiary/aromatic N) is 3. The van der Waals surface area contributed by atoms with Gasteiger partial charge in [0.1, 0.15) is 11.3 Å². The topological polar surface area (TPSA) is 50.7 Å². The maximum absolute atomic E-state index is 6.25. The highest BCUT2D eigenvalue weighted by Crippen LogP contribution is 2.32. The van der Waals surface area contributed by atoms with Crippen LogP contribution in [0.25, 0.3) is 10.2 Å². The maximum atomic E-state index is 6.25.